The minimum Gasteiger partial charge on any atom is -0.394 e. The van der Waals surface area contributed by atoms with Gasteiger partial charge in [-0.2, -0.15) is 0 Å². The fourth-order valence-electron chi connectivity index (χ4n) is 2.67. The van der Waals surface area contributed by atoms with Crippen LogP contribution in [0.2, 0.25) is 5.02 Å². The van der Waals surface area contributed by atoms with Crippen LogP contribution < -0.4 is 26.8 Å². The molecule has 2 aromatic carbocycles. The van der Waals surface area contributed by atoms with Gasteiger partial charge in [0.05, 0.1) is 24.6 Å². The van der Waals surface area contributed by atoms with E-state index in [1.54, 1.807) is 42.5 Å². The van der Waals surface area contributed by atoms with Crippen LogP contribution in [0.1, 0.15) is 11.1 Å². The summed E-state index contributed by atoms with van der Waals surface area (Å²) >= 11 is 5.85. The molecule has 0 aliphatic rings. The minimum absolute atomic E-state index is 0.0697. The van der Waals surface area contributed by atoms with Gasteiger partial charge in [-0.25, -0.2) is 18.1 Å². The van der Waals surface area contributed by atoms with Crippen molar-refractivity contribution in [1.29, 1.82) is 0 Å². The molecule has 0 fully saturated rings. The molecule has 0 spiro atoms. The smallest absolute Gasteiger partial charge is 0.240 e. The molecule has 2 amide bonds. The van der Waals surface area contributed by atoms with Crippen LogP contribution in [0.3, 0.4) is 0 Å². The van der Waals surface area contributed by atoms with Crippen molar-refractivity contribution in [2.45, 2.75) is 18.3 Å². The summed E-state index contributed by atoms with van der Waals surface area (Å²) in [6.45, 7) is -1.01. The van der Waals surface area contributed by atoms with Crippen molar-refractivity contribution >= 4 is 45.1 Å². The third-order valence-corrected chi connectivity index (χ3v) is 5.77. The standard InChI is InChI=1S/C20H25ClN6O5S/c21-15-3-1-2-14(8-15)12-33(31,32)27-17(11-28)19(30)25-10-18(29)24-9-13-4-6-16(7-5-13)26-20(22)23/h1-8,17,27-28H,9-12H2,(H,24,29)(H,25,30)(H4,22,23,26)/t17-/m1/s1. The molecule has 33 heavy (non-hydrogen) atoms. The summed E-state index contributed by atoms with van der Waals surface area (Å²) in [4.78, 5) is 28.1. The van der Waals surface area contributed by atoms with Gasteiger partial charge < -0.3 is 27.2 Å². The van der Waals surface area contributed by atoms with E-state index in [2.05, 4.69) is 20.3 Å². The van der Waals surface area contributed by atoms with Crippen molar-refractivity contribution in [3.05, 3.63) is 64.7 Å². The van der Waals surface area contributed by atoms with E-state index in [0.717, 1.165) is 5.56 Å². The fourth-order valence-corrected chi connectivity index (χ4v) is 4.20. The molecule has 0 saturated heterocycles. The molecule has 0 aliphatic heterocycles. The summed E-state index contributed by atoms with van der Waals surface area (Å²) in [5, 5.41) is 14.7. The molecule has 13 heteroatoms. The van der Waals surface area contributed by atoms with Gasteiger partial charge in [0.1, 0.15) is 6.04 Å². The third kappa shape index (κ3) is 9.45. The minimum atomic E-state index is -3.96. The SMILES string of the molecule is NC(N)=Nc1ccc(CNC(=O)CNC(=O)[C@@H](CO)NS(=O)(=O)Cc2cccc(Cl)c2)cc1. The van der Waals surface area contributed by atoms with Crippen LogP contribution in [0.4, 0.5) is 5.69 Å². The number of hydrogen-bond donors (Lipinski definition) is 6. The average Bonchev–Trinajstić information content (AvgIpc) is 2.74. The fraction of sp³-hybridized carbons (Fsp3) is 0.250. The molecule has 0 heterocycles. The van der Waals surface area contributed by atoms with Crippen molar-refractivity contribution in [3.8, 4) is 0 Å². The molecule has 2 aromatic rings. The van der Waals surface area contributed by atoms with Gasteiger partial charge in [-0.3, -0.25) is 9.59 Å². The maximum atomic E-state index is 12.3. The number of guanidine groups is 1. The third-order valence-electron chi connectivity index (χ3n) is 4.17. The van der Waals surface area contributed by atoms with Gasteiger partial charge in [0.2, 0.25) is 21.8 Å². The molecule has 11 nitrogen and oxygen atoms in total. The van der Waals surface area contributed by atoms with Crippen LogP contribution >= 0.6 is 11.6 Å². The van der Waals surface area contributed by atoms with E-state index in [4.69, 9.17) is 23.1 Å². The number of carbonyl (C=O) groups is 2. The van der Waals surface area contributed by atoms with Crippen molar-refractivity contribution in [2.75, 3.05) is 13.2 Å². The number of benzene rings is 2. The summed E-state index contributed by atoms with van der Waals surface area (Å²) in [6, 6.07) is 11.6. The number of nitrogens with one attached hydrogen (secondary N) is 3. The Bertz CT molecular complexity index is 1100. The summed E-state index contributed by atoms with van der Waals surface area (Å²) in [5.41, 5.74) is 12.3. The molecule has 0 unspecified atom stereocenters. The first-order chi connectivity index (χ1) is 15.6. The van der Waals surface area contributed by atoms with Gasteiger partial charge in [0.15, 0.2) is 5.96 Å². The number of nitrogens with two attached hydrogens (primary N) is 2. The van der Waals surface area contributed by atoms with Gasteiger partial charge in [0.25, 0.3) is 0 Å². The average molecular weight is 497 g/mol. The normalized spacial score (nSPS) is 11.9. The molecule has 0 radical (unpaired) electrons. The Balaban J connectivity index is 1.82. The number of nitrogens with zero attached hydrogens (tertiary/aromatic N) is 1. The predicted octanol–water partition coefficient (Wildman–Crippen LogP) is -0.542. The van der Waals surface area contributed by atoms with E-state index in [-0.39, 0.29) is 12.5 Å². The molecule has 8 N–H and O–H groups in total. The lowest BCUT2D eigenvalue weighted by Crippen LogP contribution is -2.50. The number of hydrogen-bond acceptors (Lipinski definition) is 6. The van der Waals surface area contributed by atoms with Crippen molar-refractivity contribution in [3.63, 3.8) is 0 Å². The largest absolute Gasteiger partial charge is 0.394 e. The zero-order chi connectivity index (χ0) is 24.4. The van der Waals surface area contributed by atoms with Crippen LogP contribution in [0.25, 0.3) is 0 Å². The quantitative estimate of drug-likeness (QED) is 0.178. The number of aliphatic hydroxyl groups excluding tert-OH is 1. The van der Waals surface area contributed by atoms with E-state index in [1.165, 1.54) is 6.07 Å². The number of carbonyl (C=O) groups excluding carboxylic acids is 2. The van der Waals surface area contributed by atoms with Gasteiger partial charge in [-0.15, -0.1) is 0 Å². The molecule has 0 saturated carbocycles. The highest BCUT2D eigenvalue weighted by Gasteiger charge is 2.24. The van der Waals surface area contributed by atoms with Gasteiger partial charge >= 0.3 is 0 Å². The summed E-state index contributed by atoms with van der Waals surface area (Å²) in [6.07, 6.45) is 0. The number of aliphatic imine (C=N–C) groups is 1. The maximum Gasteiger partial charge on any atom is 0.240 e. The second-order valence-electron chi connectivity index (χ2n) is 6.94. The Morgan fingerprint density at radius 1 is 1.06 bits per heavy atom. The van der Waals surface area contributed by atoms with Gasteiger partial charge in [0, 0.05) is 11.6 Å². The van der Waals surface area contributed by atoms with Crippen LogP contribution in [0.5, 0.6) is 0 Å². The Morgan fingerprint density at radius 2 is 1.76 bits per heavy atom. The monoisotopic (exact) mass is 496 g/mol. The lowest BCUT2D eigenvalue weighted by atomic mass is 10.2. The lowest BCUT2D eigenvalue weighted by molar-refractivity contribution is -0.127. The summed E-state index contributed by atoms with van der Waals surface area (Å²) < 4.78 is 26.8. The molecule has 0 bridgehead atoms. The van der Waals surface area contributed by atoms with Crippen LogP contribution in [-0.2, 0) is 31.9 Å². The van der Waals surface area contributed by atoms with Crippen molar-refractivity contribution < 1.29 is 23.1 Å². The Labute approximate surface area is 196 Å². The maximum absolute atomic E-state index is 12.3. The Kier molecular flexibility index (Phi) is 9.60. The topological polar surface area (TPSA) is 189 Å². The molecular weight excluding hydrogens is 472 g/mol. The Morgan fingerprint density at radius 3 is 2.36 bits per heavy atom. The number of amides is 2. The number of aliphatic hydroxyl groups is 1. The Hall–Kier alpha value is -3.19. The zero-order valence-electron chi connectivity index (χ0n) is 17.5. The molecular formula is C20H25ClN6O5S. The van der Waals surface area contributed by atoms with E-state index in [0.29, 0.717) is 16.3 Å². The molecule has 0 aromatic heterocycles. The van der Waals surface area contributed by atoms with E-state index >= 15 is 0 Å². The molecule has 2 rings (SSSR count). The second kappa shape index (κ2) is 12.2. The number of halogens is 1. The van der Waals surface area contributed by atoms with E-state index in [9.17, 15) is 23.1 Å². The van der Waals surface area contributed by atoms with Crippen molar-refractivity contribution in [2.24, 2.45) is 16.5 Å². The van der Waals surface area contributed by atoms with Gasteiger partial charge in [-0.1, -0.05) is 35.9 Å². The summed E-state index contributed by atoms with van der Waals surface area (Å²) in [7, 11) is -3.96. The number of sulfonamides is 1. The van der Waals surface area contributed by atoms with E-state index < -0.39 is 46.8 Å². The first-order valence-corrected chi connectivity index (χ1v) is 11.7. The second-order valence-corrected chi connectivity index (χ2v) is 9.13. The van der Waals surface area contributed by atoms with Crippen LogP contribution in [0, 0.1) is 0 Å². The number of rotatable bonds is 11. The lowest BCUT2D eigenvalue weighted by Gasteiger charge is -2.16. The molecule has 1 atom stereocenters. The van der Waals surface area contributed by atoms with E-state index in [1.807, 2.05) is 0 Å². The highest BCUT2D eigenvalue weighted by Crippen LogP contribution is 2.13. The summed E-state index contributed by atoms with van der Waals surface area (Å²) in [5.74, 6) is -1.85. The zero-order valence-corrected chi connectivity index (χ0v) is 19.1. The highest BCUT2D eigenvalue weighted by atomic mass is 35.5. The van der Waals surface area contributed by atoms with Crippen LogP contribution in [-0.4, -0.2) is 50.5 Å². The van der Waals surface area contributed by atoms with Crippen molar-refractivity contribution in [1.82, 2.24) is 15.4 Å². The highest BCUT2D eigenvalue weighted by molar-refractivity contribution is 7.88. The molecule has 0 aliphatic carbocycles. The first-order valence-electron chi connectivity index (χ1n) is 9.66. The van der Waals surface area contributed by atoms with Crippen LogP contribution in [0.15, 0.2) is 53.5 Å². The van der Waals surface area contributed by atoms with Gasteiger partial charge in [-0.05, 0) is 35.4 Å². The predicted molar refractivity (Wildman–Crippen MR) is 125 cm³/mol. The molecule has 178 valence electrons. The first kappa shape index (κ1) is 26.1.